The molecule has 1 aromatic rings. The molecule has 2 fully saturated rings. The maximum Gasteiger partial charge on any atom is 0.209 e. The molecular weight excluding hydrogens is 292 g/mol. The van der Waals surface area contributed by atoms with Crippen molar-refractivity contribution in [2.75, 3.05) is 44.3 Å². The van der Waals surface area contributed by atoms with Crippen LogP contribution >= 0.6 is 27.3 Å². The van der Waals surface area contributed by atoms with Crippen LogP contribution in [0.3, 0.4) is 0 Å². The lowest BCUT2D eigenvalue weighted by Crippen LogP contribution is -2.58. The first-order valence-corrected chi connectivity index (χ1v) is 6.99. The molecule has 0 radical (unpaired) electrons. The summed E-state index contributed by atoms with van der Waals surface area (Å²) in [4.78, 5) is 4.81. The highest BCUT2D eigenvalue weighted by atomic mass is 79.9. The zero-order valence-corrected chi connectivity index (χ0v) is 11.2. The summed E-state index contributed by atoms with van der Waals surface area (Å²) in [6.07, 6.45) is 0. The molecular formula is C9H13BrN4OS. The van der Waals surface area contributed by atoms with E-state index in [4.69, 9.17) is 4.74 Å². The number of anilines is 1. The van der Waals surface area contributed by atoms with Crippen LogP contribution in [0, 0.1) is 0 Å². The Labute approximate surface area is 107 Å². The number of fused-ring (bicyclic) bond motifs is 1. The first-order chi connectivity index (χ1) is 7.83. The molecule has 2 aliphatic heterocycles. The van der Waals surface area contributed by atoms with Gasteiger partial charge in [-0.15, -0.1) is 10.2 Å². The largest absolute Gasteiger partial charge is 0.378 e. The average Bonchev–Trinajstić information content (AvgIpc) is 2.75. The molecule has 0 spiro atoms. The quantitative estimate of drug-likeness (QED) is 0.768. The summed E-state index contributed by atoms with van der Waals surface area (Å²) in [5.41, 5.74) is 0. The molecule has 0 bridgehead atoms. The summed E-state index contributed by atoms with van der Waals surface area (Å²) in [5, 5.41) is 9.17. The van der Waals surface area contributed by atoms with E-state index in [1.807, 2.05) is 0 Å². The maximum absolute atomic E-state index is 5.52. The Kier molecular flexibility index (Phi) is 3.10. The minimum absolute atomic E-state index is 0.519. The molecule has 0 saturated carbocycles. The third-order valence-electron chi connectivity index (χ3n) is 3.10. The van der Waals surface area contributed by atoms with Gasteiger partial charge in [0.05, 0.1) is 19.3 Å². The van der Waals surface area contributed by atoms with E-state index in [9.17, 15) is 0 Å². The van der Waals surface area contributed by atoms with Gasteiger partial charge in [0, 0.05) is 26.2 Å². The van der Waals surface area contributed by atoms with Gasteiger partial charge in [-0.05, 0) is 15.9 Å². The van der Waals surface area contributed by atoms with Crippen LogP contribution in [-0.2, 0) is 4.74 Å². The van der Waals surface area contributed by atoms with E-state index in [0.717, 1.165) is 48.4 Å². The van der Waals surface area contributed by atoms with Crippen LogP contribution in [0.25, 0.3) is 0 Å². The number of morpholine rings is 1. The van der Waals surface area contributed by atoms with Crippen molar-refractivity contribution in [3.63, 3.8) is 0 Å². The SMILES string of the molecule is Brc1nnc(N2CCN3CCOCC3C2)s1. The van der Waals surface area contributed by atoms with Crippen molar-refractivity contribution in [2.24, 2.45) is 0 Å². The fourth-order valence-corrected chi connectivity index (χ4v) is 3.37. The summed E-state index contributed by atoms with van der Waals surface area (Å²) >= 11 is 4.95. The number of halogens is 1. The summed E-state index contributed by atoms with van der Waals surface area (Å²) in [7, 11) is 0. The molecule has 88 valence electrons. The second-order valence-electron chi connectivity index (χ2n) is 4.05. The third kappa shape index (κ3) is 2.09. The van der Waals surface area contributed by atoms with Crippen LogP contribution in [0.5, 0.6) is 0 Å². The zero-order valence-electron chi connectivity index (χ0n) is 8.80. The molecule has 3 rings (SSSR count). The fourth-order valence-electron chi connectivity index (χ4n) is 2.25. The summed E-state index contributed by atoms with van der Waals surface area (Å²) in [6, 6.07) is 0.519. The Morgan fingerprint density at radius 3 is 3.06 bits per heavy atom. The molecule has 0 aromatic carbocycles. The smallest absolute Gasteiger partial charge is 0.209 e. The monoisotopic (exact) mass is 304 g/mol. The molecule has 3 heterocycles. The Morgan fingerprint density at radius 1 is 1.31 bits per heavy atom. The third-order valence-corrected chi connectivity index (χ3v) is 4.51. The number of hydrogen-bond acceptors (Lipinski definition) is 6. The molecule has 1 aromatic heterocycles. The second-order valence-corrected chi connectivity index (χ2v) is 6.28. The first kappa shape index (κ1) is 10.9. The van der Waals surface area contributed by atoms with E-state index in [2.05, 4.69) is 35.9 Å². The summed E-state index contributed by atoms with van der Waals surface area (Å²) < 4.78 is 6.37. The molecule has 7 heteroatoms. The van der Waals surface area contributed by atoms with Gasteiger partial charge in [0.25, 0.3) is 0 Å². The van der Waals surface area contributed by atoms with Crippen molar-refractivity contribution in [2.45, 2.75) is 6.04 Å². The van der Waals surface area contributed by atoms with Gasteiger partial charge < -0.3 is 9.64 Å². The molecule has 5 nitrogen and oxygen atoms in total. The van der Waals surface area contributed by atoms with E-state index < -0.39 is 0 Å². The Bertz CT molecular complexity index is 374. The second kappa shape index (κ2) is 4.56. The molecule has 0 amide bonds. The van der Waals surface area contributed by atoms with Crippen molar-refractivity contribution in [1.29, 1.82) is 0 Å². The predicted molar refractivity (Wildman–Crippen MR) is 66.0 cm³/mol. The van der Waals surface area contributed by atoms with E-state index in [0.29, 0.717) is 6.04 Å². The molecule has 1 unspecified atom stereocenters. The highest BCUT2D eigenvalue weighted by Crippen LogP contribution is 2.26. The highest BCUT2D eigenvalue weighted by Gasteiger charge is 2.30. The van der Waals surface area contributed by atoms with Crippen LogP contribution in [0.1, 0.15) is 0 Å². The van der Waals surface area contributed by atoms with E-state index in [1.165, 1.54) is 0 Å². The Balaban J connectivity index is 1.70. The van der Waals surface area contributed by atoms with Gasteiger partial charge in [0.1, 0.15) is 0 Å². The molecule has 0 N–H and O–H groups in total. The summed E-state index contributed by atoms with van der Waals surface area (Å²) in [6.45, 7) is 5.93. The topological polar surface area (TPSA) is 41.5 Å². The number of hydrogen-bond donors (Lipinski definition) is 0. The molecule has 2 aliphatic rings. The van der Waals surface area contributed by atoms with Crippen molar-refractivity contribution < 1.29 is 4.74 Å². The van der Waals surface area contributed by atoms with Crippen molar-refractivity contribution in [3.05, 3.63) is 3.92 Å². The van der Waals surface area contributed by atoms with Crippen LogP contribution in [0.4, 0.5) is 5.13 Å². The molecule has 0 aliphatic carbocycles. The van der Waals surface area contributed by atoms with Gasteiger partial charge in [0.15, 0.2) is 3.92 Å². The van der Waals surface area contributed by atoms with Crippen molar-refractivity contribution in [3.8, 4) is 0 Å². The van der Waals surface area contributed by atoms with Gasteiger partial charge in [-0.25, -0.2) is 0 Å². The first-order valence-electron chi connectivity index (χ1n) is 5.39. The summed E-state index contributed by atoms with van der Waals surface area (Å²) in [5.74, 6) is 0. The Hall–Kier alpha value is -0.240. The van der Waals surface area contributed by atoms with Crippen LogP contribution in [-0.4, -0.2) is 60.5 Å². The number of piperazine rings is 1. The van der Waals surface area contributed by atoms with Gasteiger partial charge in [0.2, 0.25) is 5.13 Å². The number of ether oxygens (including phenoxy) is 1. The number of rotatable bonds is 1. The van der Waals surface area contributed by atoms with E-state index in [-0.39, 0.29) is 0 Å². The van der Waals surface area contributed by atoms with Gasteiger partial charge in [-0.3, -0.25) is 4.90 Å². The lowest BCUT2D eigenvalue weighted by atomic mass is 10.1. The van der Waals surface area contributed by atoms with Gasteiger partial charge in [-0.1, -0.05) is 11.3 Å². The average molecular weight is 305 g/mol. The van der Waals surface area contributed by atoms with Crippen LogP contribution in [0.2, 0.25) is 0 Å². The normalized spacial score (nSPS) is 26.8. The molecule has 2 saturated heterocycles. The minimum Gasteiger partial charge on any atom is -0.378 e. The standard InChI is InChI=1S/C9H13BrN4OS/c10-8-11-12-9(16-8)14-2-1-13-3-4-15-6-7(13)5-14/h7H,1-6H2. The number of nitrogens with zero attached hydrogens (tertiary/aromatic N) is 4. The van der Waals surface area contributed by atoms with Gasteiger partial charge in [-0.2, -0.15) is 0 Å². The van der Waals surface area contributed by atoms with Crippen molar-refractivity contribution >= 4 is 32.4 Å². The minimum atomic E-state index is 0.519. The van der Waals surface area contributed by atoms with Crippen LogP contribution < -0.4 is 4.90 Å². The maximum atomic E-state index is 5.52. The van der Waals surface area contributed by atoms with E-state index in [1.54, 1.807) is 11.3 Å². The predicted octanol–water partition coefficient (Wildman–Crippen LogP) is 0.821. The van der Waals surface area contributed by atoms with Gasteiger partial charge >= 0.3 is 0 Å². The molecule has 16 heavy (non-hydrogen) atoms. The van der Waals surface area contributed by atoms with Crippen molar-refractivity contribution in [1.82, 2.24) is 15.1 Å². The zero-order chi connectivity index (χ0) is 11.0. The fraction of sp³-hybridized carbons (Fsp3) is 0.778. The van der Waals surface area contributed by atoms with Crippen LogP contribution in [0.15, 0.2) is 3.92 Å². The van der Waals surface area contributed by atoms with E-state index >= 15 is 0 Å². The number of aromatic nitrogens is 2. The lowest BCUT2D eigenvalue weighted by molar-refractivity contribution is -0.0117. The highest BCUT2D eigenvalue weighted by molar-refractivity contribution is 9.11. The Morgan fingerprint density at radius 2 is 2.25 bits per heavy atom. The molecule has 1 atom stereocenters. The lowest BCUT2D eigenvalue weighted by Gasteiger charge is -2.43.